The molecule has 17 heavy (non-hydrogen) atoms. The van der Waals surface area contributed by atoms with Gasteiger partial charge >= 0.3 is 0 Å². The van der Waals surface area contributed by atoms with Crippen LogP contribution in [0.3, 0.4) is 0 Å². The number of rotatable bonds is 6. The van der Waals surface area contributed by atoms with Crippen LogP contribution < -0.4 is 5.32 Å². The minimum absolute atomic E-state index is 0.00873. The smallest absolute Gasteiger partial charge is 0.0774 e. The van der Waals surface area contributed by atoms with Crippen LogP contribution >= 0.6 is 0 Å². The average Bonchev–Trinajstić information content (AvgIpc) is 2.30. The Labute approximate surface area is 104 Å². The fraction of sp³-hybridized carbons (Fsp3) is 0.692. The maximum Gasteiger partial charge on any atom is 0.0774 e. The van der Waals surface area contributed by atoms with Crippen molar-refractivity contribution < 1.29 is 0 Å². The number of nitrogens with one attached hydrogen (secondary N) is 1. The number of aromatic nitrogens is 2. The first-order valence-electron chi connectivity index (χ1n) is 6.16. The van der Waals surface area contributed by atoms with Gasteiger partial charge in [-0.1, -0.05) is 6.92 Å². The summed E-state index contributed by atoms with van der Waals surface area (Å²) in [4.78, 5) is 10.8. The molecule has 0 aliphatic rings. The second-order valence-corrected chi connectivity index (χ2v) is 5.07. The van der Waals surface area contributed by atoms with Crippen LogP contribution in [0.5, 0.6) is 0 Å². The third kappa shape index (κ3) is 3.48. The Bertz CT molecular complexity index is 321. The molecular weight excluding hydrogens is 212 g/mol. The van der Waals surface area contributed by atoms with Crippen molar-refractivity contribution in [3.05, 3.63) is 24.3 Å². The molecule has 1 N–H and O–H groups in total. The first kappa shape index (κ1) is 14.1. The second-order valence-electron chi connectivity index (χ2n) is 5.07. The van der Waals surface area contributed by atoms with Crippen LogP contribution in [-0.2, 0) is 0 Å². The monoisotopic (exact) mass is 236 g/mol. The van der Waals surface area contributed by atoms with Gasteiger partial charge in [-0.05, 0) is 40.9 Å². The summed E-state index contributed by atoms with van der Waals surface area (Å²) in [7, 11) is 4.19. The Balaban J connectivity index is 2.96. The van der Waals surface area contributed by atoms with Gasteiger partial charge in [0.2, 0.25) is 0 Å². The zero-order chi connectivity index (χ0) is 12.9. The lowest BCUT2D eigenvalue weighted by Gasteiger charge is -2.40. The van der Waals surface area contributed by atoms with Gasteiger partial charge in [0.25, 0.3) is 0 Å². The van der Waals surface area contributed by atoms with Crippen LogP contribution in [0.25, 0.3) is 0 Å². The van der Waals surface area contributed by atoms with E-state index in [1.54, 1.807) is 12.4 Å². The van der Waals surface area contributed by atoms with E-state index in [0.717, 1.165) is 18.7 Å². The standard InChI is InChI=1S/C13H24N4/c1-6-7-16-12(13(2,3)17(4)5)11-10-14-8-9-15-11/h8-10,12,16H,6-7H2,1-5H3. The second kappa shape index (κ2) is 6.07. The summed E-state index contributed by atoms with van der Waals surface area (Å²) in [6.07, 6.45) is 6.42. The molecule has 0 bridgehead atoms. The molecule has 0 radical (unpaired) electrons. The molecule has 1 rings (SSSR count). The zero-order valence-corrected chi connectivity index (χ0v) is 11.6. The summed E-state index contributed by atoms with van der Waals surface area (Å²) in [5.41, 5.74) is 0.991. The maximum atomic E-state index is 4.43. The number of hydrogen-bond donors (Lipinski definition) is 1. The lowest BCUT2D eigenvalue weighted by atomic mass is 9.90. The molecule has 0 saturated heterocycles. The van der Waals surface area contributed by atoms with Crippen LogP contribution in [-0.4, -0.2) is 41.0 Å². The molecule has 1 heterocycles. The molecule has 1 aromatic rings. The van der Waals surface area contributed by atoms with Gasteiger partial charge in [-0.15, -0.1) is 0 Å². The molecule has 0 fully saturated rings. The van der Waals surface area contributed by atoms with Crippen LogP contribution in [0.15, 0.2) is 18.6 Å². The predicted octanol–water partition coefficient (Wildman–Crippen LogP) is 1.86. The Hall–Kier alpha value is -1.00. The van der Waals surface area contributed by atoms with Crippen molar-refractivity contribution in [3.8, 4) is 0 Å². The Morgan fingerprint density at radius 3 is 2.53 bits per heavy atom. The fourth-order valence-corrected chi connectivity index (χ4v) is 1.72. The number of nitrogens with zero attached hydrogens (tertiary/aromatic N) is 3. The molecule has 0 aromatic carbocycles. The minimum atomic E-state index is -0.00873. The minimum Gasteiger partial charge on any atom is -0.307 e. The van der Waals surface area contributed by atoms with Crippen molar-refractivity contribution in [3.63, 3.8) is 0 Å². The normalized spacial score (nSPS) is 14.0. The Kier molecular flexibility index (Phi) is 5.02. The highest BCUT2D eigenvalue weighted by atomic mass is 15.2. The summed E-state index contributed by atoms with van der Waals surface area (Å²) < 4.78 is 0. The number of hydrogen-bond acceptors (Lipinski definition) is 4. The zero-order valence-electron chi connectivity index (χ0n) is 11.6. The fourth-order valence-electron chi connectivity index (χ4n) is 1.72. The van der Waals surface area contributed by atoms with E-state index in [1.807, 2.05) is 6.20 Å². The van der Waals surface area contributed by atoms with Gasteiger partial charge in [0.05, 0.1) is 17.9 Å². The van der Waals surface area contributed by atoms with Gasteiger partial charge in [-0.3, -0.25) is 9.97 Å². The van der Waals surface area contributed by atoms with E-state index in [1.165, 1.54) is 0 Å². The van der Waals surface area contributed by atoms with Crippen LogP contribution in [0.4, 0.5) is 0 Å². The van der Waals surface area contributed by atoms with E-state index < -0.39 is 0 Å². The van der Waals surface area contributed by atoms with Crippen molar-refractivity contribution in [1.82, 2.24) is 20.2 Å². The third-order valence-electron chi connectivity index (χ3n) is 3.34. The van der Waals surface area contributed by atoms with Crippen molar-refractivity contribution >= 4 is 0 Å². The van der Waals surface area contributed by atoms with E-state index in [4.69, 9.17) is 0 Å². The quantitative estimate of drug-likeness (QED) is 0.818. The summed E-state index contributed by atoms with van der Waals surface area (Å²) in [5, 5.41) is 3.56. The van der Waals surface area contributed by atoms with Crippen molar-refractivity contribution in [2.24, 2.45) is 0 Å². The molecule has 0 aliphatic carbocycles. The highest BCUT2D eigenvalue weighted by Gasteiger charge is 2.33. The summed E-state index contributed by atoms with van der Waals surface area (Å²) in [6, 6.07) is 0.186. The predicted molar refractivity (Wildman–Crippen MR) is 70.8 cm³/mol. The van der Waals surface area contributed by atoms with Crippen LogP contribution in [0.1, 0.15) is 38.9 Å². The molecule has 96 valence electrons. The molecule has 1 unspecified atom stereocenters. The van der Waals surface area contributed by atoms with E-state index in [-0.39, 0.29) is 11.6 Å². The van der Waals surface area contributed by atoms with Gasteiger partial charge in [0.15, 0.2) is 0 Å². The molecular formula is C13H24N4. The molecule has 0 spiro atoms. The summed E-state index contributed by atoms with van der Waals surface area (Å²) in [6.45, 7) is 7.59. The van der Waals surface area contributed by atoms with Gasteiger partial charge in [0, 0.05) is 17.9 Å². The summed E-state index contributed by atoms with van der Waals surface area (Å²) >= 11 is 0. The van der Waals surface area contributed by atoms with Gasteiger partial charge in [0.1, 0.15) is 0 Å². The lowest BCUT2D eigenvalue weighted by molar-refractivity contribution is 0.135. The van der Waals surface area contributed by atoms with Gasteiger partial charge in [-0.25, -0.2) is 0 Å². The Morgan fingerprint density at radius 1 is 1.35 bits per heavy atom. The van der Waals surface area contributed by atoms with Crippen LogP contribution in [0.2, 0.25) is 0 Å². The van der Waals surface area contributed by atoms with E-state index in [9.17, 15) is 0 Å². The molecule has 4 nitrogen and oxygen atoms in total. The highest BCUT2D eigenvalue weighted by Crippen LogP contribution is 2.27. The molecule has 0 aliphatic heterocycles. The van der Waals surface area contributed by atoms with E-state index >= 15 is 0 Å². The molecule has 0 saturated carbocycles. The Morgan fingerprint density at radius 2 is 2.06 bits per heavy atom. The van der Waals surface area contributed by atoms with E-state index in [2.05, 4.69) is 55.1 Å². The molecule has 1 aromatic heterocycles. The maximum absolute atomic E-state index is 4.43. The first-order chi connectivity index (χ1) is 8.00. The molecule has 4 heteroatoms. The third-order valence-corrected chi connectivity index (χ3v) is 3.34. The van der Waals surface area contributed by atoms with Crippen molar-refractivity contribution in [1.29, 1.82) is 0 Å². The van der Waals surface area contributed by atoms with E-state index in [0.29, 0.717) is 0 Å². The van der Waals surface area contributed by atoms with Crippen molar-refractivity contribution in [2.75, 3.05) is 20.6 Å². The van der Waals surface area contributed by atoms with Crippen LogP contribution in [0, 0.1) is 0 Å². The number of likely N-dealkylation sites (N-methyl/N-ethyl adjacent to an activating group) is 1. The highest BCUT2D eigenvalue weighted by molar-refractivity contribution is 5.10. The first-order valence-corrected chi connectivity index (χ1v) is 6.16. The lowest BCUT2D eigenvalue weighted by Crippen LogP contribution is -2.49. The molecule has 0 amide bonds. The molecule has 1 atom stereocenters. The van der Waals surface area contributed by atoms with Gasteiger partial charge in [-0.2, -0.15) is 0 Å². The largest absolute Gasteiger partial charge is 0.307 e. The topological polar surface area (TPSA) is 41.1 Å². The SMILES string of the molecule is CCCNC(c1cnccn1)C(C)(C)N(C)C. The summed E-state index contributed by atoms with van der Waals surface area (Å²) in [5.74, 6) is 0. The van der Waals surface area contributed by atoms with Crippen molar-refractivity contribution in [2.45, 2.75) is 38.8 Å². The van der Waals surface area contributed by atoms with Gasteiger partial charge < -0.3 is 10.2 Å². The average molecular weight is 236 g/mol.